The molecule has 1 unspecified atom stereocenters. The second kappa shape index (κ2) is 5.57. The first-order valence-electron chi connectivity index (χ1n) is 7.95. The van der Waals surface area contributed by atoms with Crippen molar-refractivity contribution in [3.63, 3.8) is 0 Å². The van der Waals surface area contributed by atoms with Gasteiger partial charge in [0.05, 0.1) is 11.2 Å². The molecule has 124 valence electrons. The van der Waals surface area contributed by atoms with Crippen molar-refractivity contribution in [1.82, 2.24) is 5.32 Å². The summed E-state index contributed by atoms with van der Waals surface area (Å²) in [5.41, 5.74) is -0.117. The van der Waals surface area contributed by atoms with Gasteiger partial charge in [0.2, 0.25) is 0 Å². The van der Waals surface area contributed by atoms with Gasteiger partial charge in [-0.1, -0.05) is 0 Å². The molecular weight excluding hydrogens is 281 g/mol. The standard InChI is InChI=1S/C16H28BNO4/c1-14(2,3)20-13(19)12-9-8-11(10-18-12)17-21-15(4,5)16(6,7)22-17/h10,12,18H,8-9H2,1-7H3. The Bertz CT molecular complexity index is 463. The first-order valence-corrected chi connectivity index (χ1v) is 7.95. The predicted octanol–water partition coefficient (Wildman–Crippen LogP) is 2.60. The van der Waals surface area contributed by atoms with Crippen molar-refractivity contribution in [1.29, 1.82) is 0 Å². The lowest BCUT2D eigenvalue weighted by Crippen LogP contribution is -2.42. The summed E-state index contributed by atoms with van der Waals surface area (Å²) in [4.78, 5) is 12.1. The molecule has 2 rings (SSSR count). The molecule has 0 aromatic carbocycles. The number of esters is 1. The molecule has 2 aliphatic rings. The molecule has 1 N–H and O–H groups in total. The summed E-state index contributed by atoms with van der Waals surface area (Å²) in [6.45, 7) is 13.8. The van der Waals surface area contributed by atoms with E-state index in [-0.39, 0.29) is 30.3 Å². The topological polar surface area (TPSA) is 56.8 Å². The molecule has 1 saturated heterocycles. The van der Waals surface area contributed by atoms with Crippen LogP contribution in [0.5, 0.6) is 0 Å². The van der Waals surface area contributed by atoms with Crippen LogP contribution in [0.1, 0.15) is 61.3 Å². The average molecular weight is 309 g/mol. The Balaban J connectivity index is 1.97. The zero-order valence-electron chi connectivity index (χ0n) is 14.8. The molecule has 0 aliphatic carbocycles. The van der Waals surface area contributed by atoms with Crippen molar-refractivity contribution >= 4 is 13.1 Å². The third kappa shape index (κ3) is 3.66. The molecule has 0 radical (unpaired) electrons. The van der Waals surface area contributed by atoms with Crippen molar-refractivity contribution in [3.05, 3.63) is 11.7 Å². The Morgan fingerprint density at radius 2 is 1.82 bits per heavy atom. The molecule has 5 nitrogen and oxygen atoms in total. The third-order valence-electron chi connectivity index (χ3n) is 4.44. The third-order valence-corrected chi connectivity index (χ3v) is 4.44. The van der Waals surface area contributed by atoms with Crippen molar-refractivity contribution < 1.29 is 18.8 Å². The molecule has 0 bridgehead atoms. The zero-order valence-corrected chi connectivity index (χ0v) is 14.8. The van der Waals surface area contributed by atoms with Gasteiger partial charge in [-0.3, -0.25) is 0 Å². The van der Waals surface area contributed by atoms with Crippen LogP contribution in [0.15, 0.2) is 11.7 Å². The lowest BCUT2D eigenvalue weighted by atomic mass is 9.74. The van der Waals surface area contributed by atoms with E-state index in [1.807, 2.05) is 54.7 Å². The second-order valence-electron chi connectivity index (χ2n) is 8.10. The summed E-state index contributed by atoms with van der Waals surface area (Å²) in [7, 11) is -0.350. The Morgan fingerprint density at radius 3 is 2.23 bits per heavy atom. The van der Waals surface area contributed by atoms with Gasteiger partial charge in [-0.2, -0.15) is 0 Å². The Morgan fingerprint density at radius 1 is 1.27 bits per heavy atom. The molecule has 2 heterocycles. The fourth-order valence-electron chi connectivity index (χ4n) is 2.41. The molecule has 0 aromatic heterocycles. The van der Waals surface area contributed by atoms with E-state index in [4.69, 9.17) is 14.0 Å². The molecular formula is C16H28BNO4. The SMILES string of the molecule is CC(C)(C)OC(=O)C1CCC(B2OC(C)(C)C(C)(C)O2)=CN1. The maximum atomic E-state index is 12.1. The summed E-state index contributed by atoms with van der Waals surface area (Å²) < 4.78 is 17.5. The highest BCUT2D eigenvalue weighted by molar-refractivity contribution is 6.54. The number of carbonyl (C=O) groups excluding carboxylic acids is 1. The molecule has 0 amide bonds. The van der Waals surface area contributed by atoms with E-state index in [0.717, 1.165) is 11.9 Å². The smallest absolute Gasteiger partial charge is 0.458 e. The fraction of sp³-hybridized carbons (Fsp3) is 0.812. The van der Waals surface area contributed by atoms with E-state index in [1.54, 1.807) is 0 Å². The van der Waals surface area contributed by atoms with E-state index < -0.39 is 5.60 Å². The van der Waals surface area contributed by atoms with Crippen LogP contribution in [0, 0.1) is 0 Å². The first-order chi connectivity index (χ1) is 9.91. The minimum atomic E-state index is -0.464. The summed E-state index contributed by atoms with van der Waals surface area (Å²) in [6, 6.07) is -0.301. The molecule has 0 saturated carbocycles. The van der Waals surface area contributed by atoms with Gasteiger partial charge in [-0.15, -0.1) is 0 Å². The molecule has 0 spiro atoms. The number of hydrogen-bond donors (Lipinski definition) is 1. The van der Waals surface area contributed by atoms with Crippen LogP contribution in [-0.2, 0) is 18.8 Å². The van der Waals surface area contributed by atoms with Crippen LogP contribution >= 0.6 is 0 Å². The number of allylic oxidation sites excluding steroid dienone is 1. The van der Waals surface area contributed by atoms with Gasteiger partial charge in [-0.25, -0.2) is 4.79 Å². The molecule has 1 atom stereocenters. The number of ether oxygens (including phenoxy) is 1. The van der Waals surface area contributed by atoms with E-state index in [2.05, 4.69) is 5.32 Å². The molecule has 0 aromatic rings. The zero-order chi connectivity index (χ0) is 16.8. The highest BCUT2D eigenvalue weighted by Gasteiger charge is 2.52. The normalized spacial score (nSPS) is 27.1. The summed E-state index contributed by atoms with van der Waals surface area (Å²) >= 11 is 0. The van der Waals surface area contributed by atoms with Gasteiger partial charge in [0.1, 0.15) is 11.6 Å². The quantitative estimate of drug-likeness (QED) is 0.627. The van der Waals surface area contributed by atoms with Crippen LogP contribution in [0.25, 0.3) is 0 Å². The van der Waals surface area contributed by atoms with Crippen molar-refractivity contribution in [3.8, 4) is 0 Å². The number of nitrogens with one attached hydrogen (secondary N) is 1. The highest BCUT2D eigenvalue weighted by Crippen LogP contribution is 2.39. The summed E-state index contributed by atoms with van der Waals surface area (Å²) in [5, 5.41) is 3.13. The summed E-state index contributed by atoms with van der Waals surface area (Å²) in [6.07, 6.45) is 3.29. The lowest BCUT2D eigenvalue weighted by molar-refractivity contribution is -0.157. The van der Waals surface area contributed by atoms with E-state index in [1.165, 1.54) is 0 Å². The Hall–Kier alpha value is -1.01. The maximum absolute atomic E-state index is 12.1. The number of rotatable bonds is 2. The van der Waals surface area contributed by atoms with Crippen molar-refractivity contribution in [2.75, 3.05) is 0 Å². The van der Waals surface area contributed by atoms with Gasteiger partial charge < -0.3 is 19.4 Å². The highest BCUT2D eigenvalue weighted by atomic mass is 16.7. The number of hydrogen-bond acceptors (Lipinski definition) is 5. The minimum Gasteiger partial charge on any atom is -0.458 e. The Kier molecular flexibility index (Phi) is 4.39. The summed E-state index contributed by atoms with van der Waals surface area (Å²) in [5.74, 6) is -0.211. The number of carbonyl (C=O) groups is 1. The molecule has 2 aliphatic heterocycles. The van der Waals surface area contributed by atoms with Crippen molar-refractivity contribution in [2.45, 2.75) is 84.2 Å². The predicted molar refractivity (Wildman–Crippen MR) is 86.2 cm³/mol. The van der Waals surface area contributed by atoms with Crippen LogP contribution < -0.4 is 5.32 Å². The van der Waals surface area contributed by atoms with E-state index in [0.29, 0.717) is 6.42 Å². The monoisotopic (exact) mass is 309 g/mol. The van der Waals surface area contributed by atoms with Crippen LogP contribution in [0.3, 0.4) is 0 Å². The minimum absolute atomic E-state index is 0.211. The van der Waals surface area contributed by atoms with Crippen LogP contribution in [0.4, 0.5) is 0 Å². The van der Waals surface area contributed by atoms with Gasteiger partial charge in [-0.05, 0) is 73.0 Å². The Labute approximate surface area is 133 Å². The molecule has 22 heavy (non-hydrogen) atoms. The van der Waals surface area contributed by atoms with Crippen molar-refractivity contribution in [2.24, 2.45) is 0 Å². The lowest BCUT2D eigenvalue weighted by Gasteiger charge is -2.32. The van der Waals surface area contributed by atoms with Crippen LogP contribution in [0.2, 0.25) is 0 Å². The molecule has 1 fully saturated rings. The fourth-order valence-corrected chi connectivity index (χ4v) is 2.41. The second-order valence-corrected chi connectivity index (χ2v) is 8.10. The van der Waals surface area contributed by atoms with E-state index in [9.17, 15) is 4.79 Å². The van der Waals surface area contributed by atoms with Gasteiger partial charge >= 0.3 is 13.1 Å². The van der Waals surface area contributed by atoms with Gasteiger partial charge in [0.15, 0.2) is 0 Å². The first kappa shape index (κ1) is 17.4. The van der Waals surface area contributed by atoms with Crippen LogP contribution in [-0.4, -0.2) is 35.9 Å². The largest absolute Gasteiger partial charge is 0.492 e. The van der Waals surface area contributed by atoms with Gasteiger partial charge in [0, 0.05) is 0 Å². The van der Waals surface area contributed by atoms with Gasteiger partial charge in [0.25, 0.3) is 0 Å². The maximum Gasteiger partial charge on any atom is 0.492 e. The molecule has 6 heteroatoms. The van der Waals surface area contributed by atoms with E-state index >= 15 is 0 Å². The average Bonchev–Trinajstić information content (AvgIpc) is 2.56.